The number of imidazole rings is 1. The van der Waals surface area contributed by atoms with Gasteiger partial charge in [0.05, 0.1) is 18.0 Å². The predicted molar refractivity (Wildman–Crippen MR) is 87.0 cm³/mol. The predicted octanol–water partition coefficient (Wildman–Crippen LogP) is 1.13. The van der Waals surface area contributed by atoms with Crippen molar-refractivity contribution in [2.45, 2.75) is 25.9 Å². The van der Waals surface area contributed by atoms with Crippen LogP contribution in [0.15, 0.2) is 30.9 Å². The lowest BCUT2D eigenvalue weighted by atomic mass is 10.2. The van der Waals surface area contributed by atoms with Crippen molar-refractivity contribution in [3.8, 4) is 5.82 Å². The highest BCUT2D eigenvalue weighted by Crippen LogP contribution is 2.12. The molecule has 2 amide bonds. The largest absolute Gasteiger partial charge is 0.376 e. The molecule has 1 aliphatic rings. The lowest BCUT2D eigenvalue weighted by Gasteiger charge is -2.09. The smallest absolute Gasteiger partial charge is 0.271 e. The highest BCUT2D eigenvalue weighted by Gasteiger charge is 2.17. The van der Waals surface area contributed by atoms with Crippen molar-refractivity contribution in [2.24, 2.45) is 0 Å². The van der Waals surface area contributed by atoms with Crippen LogP contribution in [0.4, 0.5) is 5.69 Å². The molecule has 1 fully saturated rings. The van der Waals surface area contributed by atoms with Crippen molar-refractivity contribution >= 4 is 17.5 Å². The summed E-state index contributed by atoms with van der Waals surface area (Å²) in [6, 6.07) is 3.47. The molecular weight excluding hydrogens is 310 g/mol. The summed E-state index contributed by atoms with van der Waals surface area (Å²) in [5.41, 5.74) is 0.932. The minimum atomic E-state index is -0.237. The molecule has 0 bridgehead atoms. The molecule has 2 N–H and O–H groups in total. The van der Waals surface area contributed by atoms with E-state index in [4.69, 9.17) is 4.74 Å². The molecule has 0 aromatic carbocycles. The average Bonchev–Trinajstić information content (AvgIpc) is 3.24. The molecule has 1 saturated heterocycles. The molecule has 1 aliphatic heterocycles. The van der Waals surface area contributed by atoms with Crippen molar-refractivity contribution in [1.82, 2.24) is 19.9 Å². The summed E-state index contributed by atoms with van der Waals surface area (Å²) in [6.07, 6.45) is 6.80. The van der Waals surface area contributed by atoms with E-state index in [0.717, 1.165) is 19.4 Å². The lowest BCUT2D eigenvalue weighted by Crippen LogP contribution is -2.31. The van der Waals surface area contributed by atoms with Gasteiger partial charge in [-0.3, -0.25) is 14.2 Å². The van der Waals surface area contributed by atoms with E-state index in [2.05, 4.69) is 20.6 Å². The van der Waals surface area contributed by atoms with Gasteiger partial charge in [0.2, 0.25) is 5.91 Å². The molecule has 0 unspecified atom stereocenters. The number of hydrogen-bond donors (Lipinski definition) is 2. The van der Waals surface area contributed by atoms with E-state index in [1.54, 1.807) is 29.1 Å². The summed E-state index contributed by atoms with van der Waals surface area (Å²) >= 11 is 0. The maximum absolute atomic E-state index is 12.1. The monoisotopic (exact) mass is 329 g/mol. The molecule has 0 radical (unpaired) electrons. The lowest BCUT2D eigenvalue weighted by molar-refractivity contribution is -0.114. The number of rotatable bonds is 5. The first-order chi connectivity index (χ1) is 11.6. The van der Waals surface area contributed by atoms with Crippen LogP contribution in [0.25, 0.3) is 5.82 Å². The van der Waals surface area contributed by atoms with Crippen LogP contribution in [0.5, 0.6) is 0 Å². The molecule has 0 saturated carbocycles. The van der Waals surface area contributed by atoms with Crippen LogP contribution < -0.4 is 10.6 Å². The molecule has 0 spiro atoms. The second kappa shape index (κ2) is 7.22. The van der Waals surface area contributed by atoms with E-state index >= 15 is 0 Å². The fourth-order valence-electron chi connectivity index (χ4n) is 2.48. The molecule has 2 aromatic rings. The third-order valence-electron chi connectivity index (χ3n) is 3.66. The van der Waals surface area contributed by atoms with Crippen LogP contribution in [-0.2, 0) is 9.53 Å². The Morgan fingerprint density at radius 1 is 1.38 bits per heavy atom. The van der Waals surface area contributed by atoms with Crippen molar-refractivity contribution in [2.75, 3.05) is 18.5 Å². The van der Waals surface area contributed by atoms with Gasteiger partial charge in [-0.25, -0.2) is 9.97 Å². The SMILES string of the molecule is CC(=O)Nc1ccc(-n2cnc(C(=O)NC[C@@H]3CCCO3)c2)nc1. The Bertz CT molecular complexity index is 720. The number of ether oxygens (including phenoxy) is 1. The first kappa shape index (κ1) is 16.1. The van der Waals surface area contributed by atoms with E-state index in [-0.39, 0.29) is 17.9 Å². The number of carbonyl (C=O) groups excluding carboxylic acids is 2. The summed E-state index contributed by atoms with van der Waals surface area (Å²) in [7, 11) is 0. The van der Waals surface area contributed by atoms with Crippen LogP contribution in [0.3, 0.4) is 0 Å². The molecule has 1 atom stereocenters. The van der Waals surface area contributed by atoms with Crippen LogP contribution in [0.1, 0.15) is 30.3 Å². The summed E-state index contributed by atoms with van der Waals surface area (Å²) < 4.78 is 7.12. The van der Waals surface area contributed by atoms with E-state index < -0.39 is 0 Å². The van der Waals surface area contributed by atoms with E-state index in [9.17, 15) is 9.59 Å². The fraction of sp³-hybridized carbons (Fsp3) is 0.375. The van der Waals surface area contributed by atoms with E-state index in [1.807, 2.05) is 0 Å². The minimum Gasteiger partial charge on any atom is -0.376 e. The molecule has 24 heavy (non-hydrogen) atoms. The summed E-state index contributed by atoms with van der Waals surface area (Å²) in [4.78, 5) is 31.5. The zero-order valence-corrected chi connectivity index (χ0v) is 13.4. The van der Waals surface area contributed by atoms with Crippen LogP contribution in [0.2, 0.25) is 0 Å². The summed E-state index contributed by atoms with van der Waals surface area (Å²) in [5, 5.41) is 5.48. The van der Waals surface area contributed by atoms with Gasteiger partial charge in [0, 0.05) is 26.3 Å². The minimum absolute atomic E-state index is 0.0963. The normalized spacial score (nSPS) is 16.8. The van der Waals surface area contributed by atoms with Gasteiger partial charge >= 0.3 is 0 Å². The highest BCUT2D eigenvalue weighted by molar-refractivity contribution is 5.92. The fourth-order valence-corrected chi connectivity index (χ4v) is 2.48. The Morgan fingerprint density at radius 3 is 2.92 bits per heavy atom. The Morgan fingerprint density at radius 2 is 2.25 bits per heavy atom. The Balaban J connectivity index is 1.61. The topological polar surface area (TPSA) is 98.1 Å². The second-order valence-corrected chi connectivity index (χ2v) is 5.60. The number of aromatic nitrogens is 3. The standard InChI is InChI=1S/C16H19N5O3/c1-11(22)20-12-4-5-15(17-7-12)21-9-14(19-10-21)16(23)18-8-13-3-2-6-24-13/h4-5,7,9-10,13H,2-3,6,8H2,1H3,(H,18,23)(H,20,22)/t13-/m0/s1. The number of amides is 2. The van der Waals surface area contributed by atoms with Crippen LogP contribution in [0, 0.1) is 0 Å². The zero-order chi connectivity index (χ0) is 16.9. The average molecular weight is 329 g/mol. The molecule has 3 rings (SSSR count). The van der Waals surface area contributed by atoms with Crippen LogP contribution >= 0.6 is 0 Å². The highest BCUT2D eigenvalue weighted by atomic mass is 16.5. The summed E-state index contributed by atoms with van der Waals surface area (Å²) in [6.45, 7) is 2.69. The molecule has 126 valence electrons. The maximum atomic E-state index is 12.1. The maximum Gasteiger partial charge on any atom is 0.271 e. The number of pyridine rings is 1. The first-order valence-corrected chi connectivity index (χ1v) is 7.79. The molecular formula is C16H19N5O3. The third-order valence-corrected chi connectivity index (χ3v) is 3.66. The third kappa shape index (κ3) is 3.96. The Hall–Kier alpha value is -2.74. The van der Waals surface area contributed by atoms with E-state index in [0.29, 0.717) is 23.7 Å². The zero-order valence-electron chi connectivity index (χ0n) is 13.4. The van der Waals surface area contributed by atoms with Gasteiger partial charge < -0.3 is 15.4 Å². The number of nitrogens with zero attached hydrogens (tertiary/aromatic N) is 3. The van der Waals surface area contributed by atoms with Gasteiger partial charge in [0.25, 0.3) is 5.91 Å². The van der Waals surface area contributed by atoms with Gasteiger partial charge in [0.1, 0.15) is 17.8 Å². The van der Waals surface area contributed by atoms with Crippen molar-refractivity contribution in [3.05, 3.63) is 36.5 Å². The molecule has 8 nitrogen and oxygen atoms in total. The van der Waals surface area contributed by atoms with Crippen molar-refractivity contribution in [1.29, 1.82) is 0 Å². The molecule has 3 heterocycles. The Labute approximate surface area is 139 Å². The van der Waals surface area contributed by atoms with Crippen molar-refractivity contribution < 1.29 is 14.3 Å². The van der Waals surface area contributed by atoms with Gasteiger partial charge in [-0.05, 0) is 25.0 Å². The number of hydrogen-bond acceptors (Lipinski definition) is 5. The van der Waals surface area contributed by atoms with Gasteiger partial charge in [-0.1, -0.05) is 0 Å². The van der Waals surface area contributed by atoms with Gasteiger partial charge in [-0.2, -0.15) is 0 Å². The number of nitrogens with one attached hydrogen (secondary N) is 2. The quantitative estimate of drug-likeness (QED) is 0.857. The summed E-state index contributed by atoms with van der Waals surface area (Å²) in [5.74, 6) is 0.214. The second-order valence-electron chi connectivity index (χ2n) is 5.60. The Kier molecular flexibility index (Phi) is 4.85. The van der Waals surface area contributed by atoms with Gasteiger partial charge in [0.15, 0.2) is 0 Å². The first-order valence-electron chi connectivity index (χ1n) is 7.79. The van der Waals surface area contributed by atoms with Gasteiger partial charge in [-0.15, -0.1) is 0 Å². The molecule has 2 aromatic heterocycles. The molecule has 0 aliphatic carbocycles. The molecule has 8 heteroatoms. The number of carbonyl (C=O) groups is 2. The van der Waals surface area contributed by atoms with Crippen LogP contribution in [-0.4, -0.2) is 45.6 Å². The number of anilines is 1. The van der Waals surface area contributed by atoms with E-state index in [1.165, 1.54) is 13.3 Å². The van der Waals surface area contributed by atoms with Crippen molar-refractivity contribution in [3.63, 3.8) is 0 Å².